The van der Waals surface area contributed by atoms with E-state index in [1.165, 1.54) is 10.5 Å². The fraction of sp³-hybridized carbons (Fsp3) is 0.381. The summed E-state index contributed by atoms with van der Waals surface area (Å²) in [7, 11) is -0.833. The van der Waals surface area contributed by atoms with Gasteiger partial charge in [0, 0.05) is 17.3 Å². The van der Waals surface area contributed by atoms with E-state index in [0.717, 1.165) is 12.1 Å². The highest BCUT2D eigenvalue weighted by Gasteiger charge is 2.52. The van der Waals surface area contributed by atoms with E-state index in [9.17, 15) is 13.6 Å². The van der Waals surface area contributed by atoms with Gasteiger partial charge in [0.15, 0.2) is 5.82 Å². The molecule has 156 valence electrons. The second kappa shape index (κ2) is 6.68. The van der Waals surface area contributed by atoms with Crippen LogP contribution in [0, 0.1) is 25.5 Å². The molecule has 0 atom stereocenters. The second-order valence-corrected chi connectivity index (χ2v) is 8.54. The molecule has 0 amide bonds. The van der Waals surface area contributed by atoms with Crippen LogP contribution in [-0.4, -0.2) is 32.7 Å². The van der Waals surface area contributed by atoms with Gasteiger partial charge in [-0.1, -0.05) is 0 Å². The highest BCUT2D eigenvalue weighted by atomic mass is 19.1. The van der Waals surface area contributed by atoms with Gasteiger partial charge in [0.25, 0.3) is 5.56 Å². The molecule has 9 heteroatoms. The molecule has 0 spiro atoms. The Morgan fingerprint density at radius 1 is 1.00 bits per heavy atom. The molecule has 1 aliphatic rings. The minimum Gasteiger partial charge on any atom is -0.398 e. The third-order valence-corrected chi connectivity index (χ3v) is 5.97. The maximum Gasteiger partial charge on any atom is 0.514 e. The zero-order valence-corrected chi connectivity index (χ0v) is 17.7. The smallest absolute Gasteiger partial charge is 0.398 e. The summed E-state index contributed by atoms with van der Waals surface area (Å²) in [5.41, 5.74) is -0.00948. The van der Waals surface area contributed by atoms with E-state index in [0.29, 0.717) is 16.9 Å². The molecule has 0 aliphatic carbocycles. The van der Waals surface area contributed by atoms with Crippen molar-refractivity contribution in [3.05, 3.63) is 57.5 Å². The van der Waals surface area contributed by atoms with Crippen LogP contribution >= 0.6 is 0 Å². The number of nitrogens with zero attached hydrogens (tertiary/aromatic N) is 3. The topological polar surface area (TPSA) is 65.7 Å². The number of aryl methyl sites for hydroxylation is 1. The van der Waals surface area contributed by atoms with E-state index in [2.05, 4.69) is 9.97 Å². The van der Waals surface area contributed by atoms with Gasteiger partial charge in [-0.15, -0.1) is 0 Å². The summed E-state index contributed by atoms with van der Waals surface area (Å²) in [6.07, 6.45) is 0. The monoisotopic (exact) mass is 413 g/mol. The number of hydrogen-bond acceptors (Lipinski definition) is 5. The van der Waals surface area contributed by atoms with Crippen molar-refractivity contribution in [2.75, 3.05) is 0 Å². The van der Waals surface area contributed by atoms with Crippen LogP contribution in [0.5, 0.6) is 0 Å². The van der Waals surface area contributed by atoms with Crippen LogP contribution in [0.25, 0.3) is 17.0 Å². The van der Waals surface area contributed by atoms with Crippen LogP contribution in [0.4, 0.5) is 8.78 Å². The maximum atomic E-state index is 14.7. The first-order chi connectivity index (χ1) is 13.9. The number of halogens is 2. The van der Waals surface area contributed by atoms with Crippen molar-refractivity contribution >= 4 is 18.4 Å². The van der Waals surface area contributed by atoms with Gasteiger partial charge >= 0.3 is 7.12 Å². The molecule has 1 aliphatic heterocycles. The summed E-state index contributed by atoms with van der Waals surface area (Å²) in [5.74, 6) is -1.55. The molecular weight excluding hydrogens is 391 g/mol. The Morgan fingerprint density at radius 3 is 2.23 bits per heavy atom. The minimum atomic E-state index is -0.833. The normalized spacial score (nSPS) is 17.7. The molecule has 0 saturated carbocycles. The van der Waals surface area contributed by atoms with E-state index in [1.807, 2.05) is 27.7 Å². The second-order valence-electron chi connectivity index (χ2n) is 8.54. The standard InChI is InChI=1S/C21H22BF2N3O3/c1-11-12(2)25-17-10-16(22-29-20(3,4)21(5,6)30-22)26-18(27(17)19(11)28)14-8-7-13(23)9-15(14)24/h7-10H,1-6H3. The average Bonchev–Trinajstić information content (AvgIpc) is 2.86. The van der Waals surface area contributed by atoms with Gasteiger partial charge in [-0.05, 0) is 59.7 Å². The molecule has 3 aromatic rings. The zero-order chi connectivity index (χ0) is 22.0. The van der Waals surface area contributed by atoms with Gasteiger partial charge in [0.05, 0.1) is 22.4 Å². The van der Waals surface area contributed by atoms with E-state index >= 15 is 0 Å². The van der Waals surface area contributed by atoms with Crippen LogP contribution in [0.2, 0.25) is 0 Å². The Hall–Kier alpha value is -2.65. The lowest BCUT2D eigenvalue weighted by molar-refractivity contribution is 0.00578. The summed E-state index contributed by atoms with van der Waals surface area (Å²) >= 11 is 0. The predicted octanol–water partition coefficient (Wildman–Crippen LogP) is 2.95. The predicted molar refractivity (Wildman–Crippen MR) is 110 cm³/mol. The Kier molecular flexibility index (Phi) is 4.59. The van der Waals surface area contributed by atoms with Crippen LogP contribution in [0.1, 0.15) is 39.0 Å². The zero-order valence-electron chi connectivity index (χ0n) is 17.7. The molecule has 3 heterocycles. The summed E-state index contributed by atoms with van der Waals surface area (Å²) in [4.78, 5) is 22.0. The Morgan fingerprint density at radius 2 is 1.63 bits per heavy atom. The number of aromatic nitrogens is 3. The summed E-state index contributed by atoms with van der Waals surface area (Å²) in [5, 5.41) is 0. The van der Waals surface area contributed by atoms with Gasteiger partial charge < -0.3 is 9.31 Å². The molecule has 0 unspecified atom stereocenters. The molecule has 1 aromatic carbocycles. The van der Waals surface area contributed by atoms with Gasteiger partial charge in [-0.3, -0.25) is 4.79 Å². The summed E-state index contributed by atoms with van der Waals surface area (Å²) in [6, 6.07) is 4.72. The van der Waals surface area contributed by atoms with Gasteiger partial charge in [-0.25, -0.2) is 23.1 Å². The number of rotatable bonds is 2. The molecule has 30 heavy (non-hydrogen) atoms. The van der Waals surface area contributed by atoms with Crippen LogP contribution in [0.15, 0.2) is 29.1 Å². The molecular formula is C21H22BF2N3O3. The first kappa shape index (κ1) is 20.6. The Bertz CT molecular complexity index is 1220. The van der Waals surface area contributed by atoms with Crippen molar-refractivity contribution in [2.45, 2.75) is 52.7 Å². The lowest BCUT2D eigenvalue weighted by Crippen LogP contribution is -2.41. The van der Waals surface area contributed by atoms with Crippen LogP contribution < -0.4 is 11.2 Å². The SMILES string of the molecule is Cc1nc2cc(B3OC(C)(C)C(C)(C)O3)nc(-c3ccc(F)cc3F)n2c(=O)c1C. The van der Waals surface area contributed by atoms with E-state index < -0.39 is 30.0 Å². The summed E-state index contributed by atoms with van der Waals surface area (Å²) in [6.45, 7) is 11.0. The van der Waals surface area contributed by atoms with Crippen molar-refractivity contribution in [1.82, 2.24) is 14.4 Å². The van der Waals surface area contributed by atoms with E-state index in [1.54, 1.807) is 19.9 Å². The Balaban J connectivity index is 2.02. The third kappa shape index (κ3) is 3.13. The van der Waals surface area contributed by atoms with Gasteiger partial charge in [0.1, 0.15) is 17.3 Å². The molecule has 1 saturated heterocycles. The van der Waals surface area contributed by atoms with Crippen molar-refractivity contribution in [3.63, 3.8) is 0 Å². The lowest BCUT2D eigenvalue weighted by atomic mass is 9.84. The lowest BCUT2D eigenvalue weighted by Gasteiger charge is -2.32. The average molecular weight is 413 g/mol. The summed E-state index contributed by atoms with van der Waals surface area (Å²) < 4.78 is 41.5. The minimum absolute atomic E-state index is 0.00955. The van der Waals surface area contributed by atoms with Crippen molar-refractivity contribution in [3.8, 4) is 11.4 Å². The van der Waals surface area contributed by atoms with E-state index in [-0.39, 0.29) is 22.6 Å². The first-order valence-electron chi connectivity index (χ1n) is 9.63. The maximum absolute atomic E-state index is 14.7. The highest BCUT2D eigenvalue weighted by Crippen LogP contribution is 2.36. The largest absolute Gasteiger partial charge is 0.514 e. The molecule has 0 radical (unpaired) electrons. The van der Waals surface area contributed by atoms with Gasteiger partial charge in [0.2, 0.25) is 0 Å². The molecule has 0 bridgehead atoms. The number of hydrogen-bond donors (Lipinski definition) is 0. The molecule has 0 N–H and O–H groups in total. The molecule has 2 aromatic heterocycles. The molecule has 1 fully saturated rings. The van der Waals surface area contributed by atoms with Gasteiger partial charge in [-0.2, -0.15) is 0 Å². The van der Waals surface area contributed by atoms with Crippen molar-refractivity contribution < 1.29 is 18.1 Å². The van der Waals surface area contributed by atoms with Crippen molar-refractivity contribution in [2.24, 2.45) is 0 Å². The quantitative estimate of drug-likeness (QED) is 0.605. The third-order valence-electron chi connectivity index (χ3n) is 5.97. The number of benzene rings is 1. The van der Waals surface area contributed by atoms with Crippen molar-refractivity contribution in [1.29, 1.82) is 0 Å². The highest BCUT2D eigenvalue weighted by molar-refractivity contribution is 6.61. The fourth-order valence-corrected chi connectivity index (χ4v) is 3.31. The molecule has 6 nitrogen and oxygen atoms in total. The first-order valence-corrected chi connectivity index (χ1v) is 9.63. The Labute approximate surface area is 173 Å². The molecule has 4 rings (SSSR count). The number of fused-ring (bicyclic) bond motifs is 1. The fourth-order valence-electron chi connectivity index (χ4n) is 3.31. The van der Waals surface area contributed by atoms with Crippen LogP contribution in [-0.2, 0) is 9.31 Å². The van der Waals surface area contributed by atoms with Crippen LogP contribution in [0.3, 0.4) is 0 Å². The van der Waals surface area contributed by atoms with E-state index in [4.69, 9.17) is 9.31 Å².